The van der Waals surface area contributed by atoms with E-state index in [9.17, 15) is 9.59 Å². The lowest BCUT2D eigenvalue weighted by Gasteiger charge is -2.05. The van der Waals surface area contributed by atoms with Gasteiger partial charge in [-0.1, -0.05) is 43.0 Å². The molecule has 0 aliphatic rings. The molecule has 96 valence electrons. The molecule has 0 radical (unpaired) electrons. The fourth-order valence-corrected chi connectivity index (χ4v) is 1.91. The van der Waals surface area contributed by atoms with Gasteiger partial charge in [0, 0.05) is 12.1 Å². The predicted molar refractivity (Wildman–Crippen MR) is 73.8 cm³/mol. The minimum absolute atomic E-state index is 0.121. The Morgan fingerprint density at radius 3 is 2.37 bits per heavy atom. The molecular formula is C14H11NO3S. The molecule has 0 atom stereocenters. The van der Waals surface area contributed by atoms with Gasteiger partial charge in [-0.05, 0) is 17.7 Å². The molecule has 1 aromatic carbocycles. The molecule has 0 aliphatic carbocycles. The van der Waals surface area contributed by atoms with Crippen LogP contribution in [0.1, 0.15) is 32.1 Å². The standard InChI is InChI=1S/C14H11NO3S/c16-13(17)11-7-6-10(15-12(11)14(18)19)8-9-4-2-1-3-5-9/h1-7H,8H2,(H,16,17)(H,18,19). The summed E-state index contributed by atoms with van der Waals surface area (Å²) in [6, 6.07) is 12.6. The molecule has 5 heteroatoms. The van der Waals surface area contributed by atoms with Crippen molar-refractivity contribution in [2.24, 2.45) is 0 Å². The van der Waals surface area contributed by atoms with Gasteiger partial charge in [-0.15, -0.1) is 0 Å². The molecule has 0 amide bonds. The second-order valence-corrected chi connectivity index (χ2v) is 4.38. The van der Waals surface area contributed by atoms with Crippen LogP contribution in [0.15, 0.2) is 42.5 Å². The van der Waals surface area contributed by atoms with Gasteiger partial charge in [0.05, 0.1) is 5.56 Å². The Morgan fingerprint density at radius 1 is 1.11 bits per heavy atom. The summed E-state index contributed by atoms with van der Waals surface area (Å²) in [4.78, 5) is 26.4. The number of benzene rings is 1. The number of pyridine rings is 1. The van der Waals surface area contributed by atoms with Crippen molar-refractivity contribution in [1.82, 2.24) is 4.98 Å². The number of carbonyl (C=O) groups excluding carboxylic acids is 1. The Morgan fingerprint density at radius 2 is 1.79 bits per heavy atom. The summed E-state index contributed by atoms with van der Waals surface area (Å²) in [6.07, 6.45) is 0.537. The van der Waals surface area contributed by atoms with Crippen LogP contribution in [-0.4, -0.2) is 21.2 Å². The quantitative estimate of drug-likeness (QED) is 0.840. The van der Waals surface area contributed by atoms with Gasteiger partial charge in [0.1, 0.15) is 5.69 Å². The highest BCUT2D eigenvalue weighted by Crippen LogP contribution is 2.13. The van der Waals surface area contributed by atoms with E-state index in [1.54, 1.807) is 6.07 Å². The first kappa shape index (κ1) is 13.3. The maximum atomic E-state index is 11.3. The lowest BCUT2D eigenvalue weighted by atomic mass is 10.1. The normalized spacial score (nSPS) is 10.2. The van der Waals surface area contributed by atoms with Crippen molar-refractivity contribution in [3.63, 3.8) is 0 Å². The van der Waals surface area contributed by atoms with E-state index < -0.39 is 11.1 Å². The highest BCUT2D eigenvalue weighted by Gasteiger charge is 2.16. The Labute approximate surface area is 115 Å². The first-order chi connectivity index (χ1) is 9.08. The zero-order valence-electron chi connectivity index (χ0n) is 9.91. The van der Waals surface area contributed by atoms with Gasteiger partial charge in [0.25, 0.3) is 0 Å². The Kier molecular flexibility index (Phi) is 3.97. The van der Waals surface area contributed by atoms with Crippen LogP contribution in [0.4, 0.5) is 0 Å². The van der Waals surface area contributed by atoms with E-state index in [-0.39, 0.29) is 11.3 Å². The summed E-state index contributed by atoms with van der Waals surface area (Å²) in [7, 11) is 0. The smallest absolute Gasteiger partial charge is 0.338 e. The number of hydrogen-bond acceptors (Lipinski definition) is 3. The van der Waals surface area contributed by atoms with Crippen LogP contribution in [0, 0.1) is 0 Å². The van der Waals surface area contributed by atoms with Gasteiger partial charge >= 0.3 is 5.97 Å². The number of carboxylic acid groups (broad SMARTS) is 1. The molecule has 2 rings (SSSR count). The zero-order valence-corrected chi connectivity index (χ0v) is 10.8. The van der Waals surface area contributed by atoms with E-state index >= 15 is 0 Å². The highest BCUT2D eigenvalue weighted by molar-refractivity contribution is 7.97. The SMILES string of the molecule is O=C(O)c1ccc(Cc2ccccc2)nc1C(=O)S. The first-order valence-corrected chi connectivity index (χ1v) is 6.03. The van der Waals surface area contributed by atoms with E-state index in [4.69, 9.17) is 5.11 Å². The van der Waals surface area contributed by atoms with E-state index in [2.05, 4.69) is 17.6 Å². The Hall–Kier alpha value is -2.14. The monoisotopic (exact) mass is 273 g/mol. The number of thiol groups is 1. The Bertz CT molecular complexity index is 626. The van der Waals surface area contributed by atoms with Crippen LogP contribution in [0.5, 0.6) is 0 Å². The van der Waals surface area contributed by atoms with Crippen molar-refractivity contribution in [3.05, 3.63) is 65.0 Å². The van der Waals surface area contributed by atoms with Crippen molar-refractivity contribution in [2.45, 2.75) is 6.42 Å². The number of rotatable bonds is 4. The van der Waals surface area contributed by atoms with Crippen molar-refractivity contribution in [2.75, 3.05) is 0 Å². The maximum absolute atomic E-state index is 11.3. The van der Waals surface area contributed by atoms with Gasteiger partial charge in [0.15, 0.2) is 0 Å². The fourth-order valence-electron chi connectivity index (χ4n) is 1.74. The van der Waals surface area contributed by atoms with Crippen LogP contribution in [0.3, 0.4) is 0 Å². The molecule has 19 heavy (non-hydrogen) atoms. The molecule has 0 unspecified atom stereocenters. The minimum atomic E-state index is -1.18. The van der Waals surface area contributed by atoms with E-state index in [1.807, 2.05) is 30.3 Å². The summed E-state index contributed by atoms with van der Waals surface area (Å²) in [5.41, 5.74) is 1.42. The number of carbonyl (C=O) groups is 2. The van der Waals surface area contributed by atoms with Gasteiger partial charge in [-0.3, -0.25) is 4.79 Å². The predicted octanol–water partition coefficient (Wildman–Crippen LogP) is 2.44. The average Bonchev–Trinajstić information content (AvgIpc) is 2.39. The number of nitrogens with zero attached hydrogens (tertiary/aromatic N) is 1. The molecule has 0 spiro atoms. The van der Waals surface area contributed by atoms with Crippen LogP contribution in [0.2, 0.25) is 0 Å². The lowest BCUT2D eigenvalue weighted by molar-refractivity contribution is 0.0693. The third kappa shape index (κ3) is 3.20. The number of hydrogen-bond donors (Lipinski definition) is 2. The van der Waals surface area contributed by atoms with Gasteiger partial charge in [-0.25, -0.2) is 9.78 Å². The van der Waals surface area contributed by atoms with Crippen LogP contribution >= 0.6 is 12.6 Å². The van der Waals surface area contributed by atoms with Crippen LogP contribution in [-0.2, 0) is 6.42 Å². The van der Waals surface area contributed by atoms with Crippen LogP contribution in [0.25, 0.3) is 0 Å². The highest BCUT2D eigenvalue weighted by atomic mass is 32.1. The largest absolute Gasteiger partial charge is 0.478 e. The second-order valence-electron chi connectivity index (χ2n) is 3.97. The molecule has 0 bridgehead atoms. The fraction of sp³-hybridized carbons (Fsp3) is 0.0714. The topological polar surface area (TPSA) is 67.3 Å². The molecule has 0 saturated heterocycles. The number of carboxylic acids is 1. The van der Waals surface area contributed by atoms with E-state index in [0.29, 0.717) is 12.1 Å². The van der Waals surface area contributed by atoms with Gasteiger partial charge in [-0.2, -0.15) is 0 Å². The van der Waals surface area contributed by atoms with Gasteiger partial charge in [0.2, 0.25) is 5.12 Å². The van der Waals surface area contributed by atoms with Crippen molar-refractivity contribution < 1.29 is 14.7 Å². The summed E-state index contributed by atoms with van der Waals surface area (Å²) < 4.78 is 0. The average molecular weight is 273 g/mol. The molecule has 4 nitrogen and oxygen atoms in total. The molecule has 2 aromatic rings. The Balaban J connectivity index is 2.36. The lowest BCUT2D eigenvalue weighted by Crippen LogP contribution is -2.09. The van der Waals surface area contributed by atoms with Crippen molar-refractivity contribution >= 4 is 23.7 Å². The summed E-state index contributed by atoms with van der Waals surface area (Å²) >= 11 is 3.66. The first-order valence-electron chi connectivity index (χ1n) is 5.58. The summed E-state index contributed by atoms with van der Waals surface area (Å²) in [6.45, 7) is 0. The molecule has 0 fully saturated rings. The summed E-state index contributed by atoms with van der Waals surface area (Å²) in [5.74, 6) is -1.18. The molecular weight excluding hydrogens is 262 g/mol. The second kappa shape index (κ2) is 5.67. The third-order valence-corrected chi connectivity index (χ3v) is 2.83. The molecule has 1 aromatic heterocycles. The molecule has 0 aliphatic heterocycles. The number of aromatic nitrogens is 1. The van der Waals surface area contributed by atoms with Crippen molar-refractivity contribution in [3.8, 4) is 0 Å². The van der Waals surface area contributed by atoms with Crippen LogP contribution < -0.4 is 0 Å². The minimum Gasteiger partial charge on any atom is -0.478 e. The van der Waals surface area contributed by atoms with Gasteiger partial charge < -0.3 is 5.11 Å². The zero-order chi connectivity index (χ0) is 13.8. The summed E-state index contributed by atoms with van der Waals surface area (Å²) in [5, 5.41) is 8.32. The molecule has 0 saturated carbocycles. The van der Waals surface area contributed by atoms with E-state index in [1.165, 1.54) is 6.07 Å². The third-order valence-electron chi connectivity index (χ3n) is 2.61. The maximum Gasteiger partial charge on any atom is 0.338 e. The van der Waals surface area contributed by atoms with Crippen molar-refractivity contribution in [1.29, 1.82) is 0 Å². The van der Waals surface area contributed by atoms with E-state index in [0.717, 1.165) is 5.56 Å². The molecule has 1 heterocycles. The number of aromatic carboxylic acids is 1. The molecule has 1 N–H and O–H groups in total.